The van der Waals surface area contributed by atoms with Crippen molar-refractivity contribution in [2.75, 3.05) is 0 Å². The molecular formula is C23H25ClN2O4. The number of hydrogen-bond donors (Lipinski definition) is 3. The van der Waals surface area contributed by atoms with Crippen molar-refractivity contribution < 1.29 is 19.5 Å². The third kappa shape index (κ3) is 6.74. The first-order valence-corrected chi connectivity index (χ1v) is 9.93. The molecule has 0 saturated heterocycles. The average Bonchev–Trinajstić information content (AvgIpc) is 2.68. The van der Waals surface area contributed by atoms with E-state index in [1.165, 1.54) is 6.08 Å². The van der Waals surface area contributed by atoms with Crippen LogP contribution >= 0.6 is 11.6 Å². The summed E-state index contributed by atoms with van der Waals surface area (Å²) in [6.07, 6.45) is 1.68. The molecule has 3 N–H and O–H groups in total. The fourth-order valence-corrected chi connectivity index (χ4v) is 2.92. The van der Waals surface area contributed by atoms with E-state index in [0.717, 1.165) is 5.56 Å². The van der Waals surface area contributed by atoms with Gasteiger partial charge in [-0.25, -0.2) is 4.79 Å². The number of benzene rings is 2. The van der Waals surface area contributed by atoms with Gasteiger partial charge in [-0.05, 0) is 49.1 Å². The van der Waals surface area contributed by atoms with Gasteiger partial charge in [-0.2, -0.15) is 0 Å². The molecule has 1 atom stereocenters. The van der Waals surface area contributed by atoms with Crippen molar-refractivity contribution >= 4 is 35.5 Å². The van der Waals surface area contributed by atoms with Gasteiger partial charge in [0, 0.05) is 10.6 Å². The molecule has 30 heavy (non-hydrogen) atoms. The lowest BCUT2D eigenvalue weighted by Crippen LogP contribution is -2.45. The minimum Gasteiger partial charge on any atom is -0.480 e. The Labute approximate surface area is 180 Å². The van der Waals surface area contributed by atoms with Crippen molar-refractivity contribution in [2.24, 2.45) is 5.92 Å². The highest BCUT2D eigenvalue weighted by Crippen LogP contribution is 2.18. The molecule has 2 amide bonds. The zero-order valence-corrected chi connectivity index (χ0v) is 17.9. The van der Waals surface area contributed by atoms with E-state index in [4.69, 9.17) is 11.6 Å². The molecule has 2 aromatic carbocycles. The van der Waals surface area contributed by atoms with Gasteiger partial charge in [0.15, 0.2) is 0 Å². The normalized spacial score (nSPS) is 12.4. The lowest BCUT2D eigenvalue weighted by atomic mass is 10.0. The number of aliphatic carboxylic acids is 1. The number of carbonyl (C=O) groups is 3. The molecule has 0 bridgehead atoms. The van der Waals surface area contributed by atoms with E-state index in [1.807, 2.05) is 20.8 Å². The minimum atomic E-state index is -1.14. The number of nitrogens with one attached hydrogen (secondary N) is 2. The highest BCUT2D eigenvalue weighted by atomic mass is 35.5. The van der Waals surface area contributed by atoms with Crippen molar-refractivity contribution in [1.82, 2.24) is 10.6 Å². The number of carboxylic acid groups (broad SMARTS) is 1. The fraction of sp³-hybridized carbons (Fsp3) is 0.261. The molecule has 7 heteroatoms. The predicted octanol–water partition coefficient (Wildman–Crippen LogP) is 4.03. The van der Waals surface area contributed by atoms with E-state index in [1.54, 1.807) is 48.5 Å². The smallest absolute Gasteiger partial charge is 0.326 e. The SMILES string of the molecule is Cc1ccc(C(=O)N/C(=C/c2ccccc2Cl)C(=O)N[C@@H](CC(C)C)C(=O)O)cc1. The molecular weight excluding hydrogens is 404 g/mol. The molecule has 0 fully saturated rings. The number of rotatable bonds is 8. The second-order valence-electron chi connectivity index (χ2n) is 7.39. The molecule has 0 aromatic heterocycles. The van der Waals surface area contributed by atoms with Gasteiger partial charge in [0.05, 0.1) is 0 Å². The summed E-state index contributed by atoms with van der Waals surface area (Å²) >= 11 is 6.19. The van der Waals surface area contributed by atoms with Crippen LogP contribution < -0.4 is 10.6 Å². The molecule has 0 saturated carbocycles. The first-order valence-electron chi connectivity index (χ1n) is 9.55. The zero-order chi connectivity index (χ0) is 22.3. The fourth-order valence-electron chi connectivity index (χ4n) is 2.73. The van der Waals surface area contributed by atoms with Gasteiger partial charge in [-0.15, -0.1) is 0 Å². The van der Waals surface area contributed by atoms with Crippen LogP contribution in [0, 0.1) is 12.8 Å². The Bertz CT molecular complexity index is 952. The Kier molecular flexibility index (Phi) is 8.18. The summed E-state index contributed by atoms with van der Waals surface area (Å²) in [4.78, 5) is 37.1. The zero-order valence-electron chi connectivity index (χ0n) is 17.1. The summed E-state index contributed by atoms with van der Waals surface area (Å²) in [5, 5.41) is 14.9. The number of halogens is 1. The van der Waals surface area contributed by atoms with E-state index in [2.05, 4.69) is 10.6 Å². The van der Waals surface area contributed by atoms with Gasteiger partial charge in [0.25, 0.3) is 11.8 Å². The van der Waals surface area contributed by atoms with E-state index < -0.39 is 23.8 Å². The lowest BCUT2D eigenvalue weighted by Gasteiger charge is -2.18. The maximum absolute atomic E-state index is 12.9. The van der Waals surface area contributed by atoms with Crippen LogP contribution in [-0.2, 0) is 9.59 Å². The highest BCUT2D eigenvalue weighted by molar-refractivity contribution is 6.32. The summed E-state index contributed by atoms with van der Waals surface area (Å²) in [6, 6.07) is 12.6. The number of aryl methyl sites for hydroxylation is 1. The molecule has 0 aliphatic rings. The van der Waals surface area contributed by atoms with Crippen LogP contribution in [0.4, 0.5) is 0 Å². The van der Waals surface area contributed by atoms with Crippen molar-refractivity contribution in [2.45, 2.75) is 33.2 Å². The largest absolute Gasteiger partial charge is 0.480 e. The first kappa shape index (κ1) is 23.2. The van der Waals surface area contributed by atoms with E-state index in [-0.39, 0.29) is 18.0 Å². The Morgan fingerprint density at radius 3 is 2.27 bits per heavy atom. The summed E-state index contributed by atoms with van der Waals surface area (Å²) in [6.45, 7) is 5.63. The molecule has 2 rings (SSSR count). The molecule has 0 heterocycles. The predicted molar refractivity (Wildman–Crippen MR) is 117 cm³/mol. The molecule has 0 aliphatic heterocycles. The van der Waals surface area contributed by atoms with Crippen LogP contribution in [0.1, 0.15) is 41.8 Å². The Morgan fingerprint density at radius 1 is 1.07 bits per heavy atom. The molecule has 0 radical (unpaired) electrons. The van der Waals surface area contributed by atoms with Crippen LogP contribution in [0.5, 0.6) is 0 Å². The van der Waals surface area contributed by atoms with Gasteiger partial charge in [-0.1, -0.05) is 61.3 Å². The van der Waals surface area contributed by atoms with Crippen LogP contribution in [-0.4, -0.2) is 28.9 Å². The third-order valence-electron chi connectivity index (χ3n) is 4.32. The molecule has 6 nitrogen and oxygen atoms in total. The highest BCUT2D eigenvalue weighted by Gasteiger charge is 2.24. The minimum absolute atomic E-state index is 0.0598. The summed E-state index contributed by atoms with van der Waals surface area (Å²) in [5.74, 6) is -2.27. The van der Waals surface area contributed by atoms with Gasteiger partial charge >= 0.3 is 5.97 Å². The van der Waals surface area contributed by atoms with Gasteiger partial charge in [0.2, 0.25) is 0 Å². The third-order valence-corrected chi connectivity index (χ3v) is 4.67. The van der Waals surface area contributed by atoms with Crippen LogP contribution in [0.15, 0.2) is 54.2 Å². The van der Waals surface area contributed by atoms with Gasteiger partial charge in [-0.3, -0.25) is 9.59 Å². The molecule has 2 aromatic rings. The van der Waals surface area contributed by atoms with Gasteiger partial charge in [0.1, 0.15) is 11.7 Å². The van der Waals surface area contributed by atoms with E-state index in [0.29, 0.717) is 16.1 Å². The van der Waals surface area contributed by atoms with Crippen molar-refractivity contribution in [3.8, 4) is 0 Å². The second kappa shape index (κ2) is 10.6. The van der Waals surface area contributed by atoms with E-state index >= 15 is 0 Å². The molecule has 0 aliphatic carbocycles. The molecule has 0 spiro atoms. The number of carbonyl (C=O) groups excluding carboxylic acids is 2. The van der Waals surface area contributed by atoms with Crippen molar-refractivity contribution in [3.63, 3.8) is 0 Å². The lowest BCUT2D eigenvalue weighted by molar-refractivity contribution is -0.141. The monoisotopic (exact) mass is 428 g/mol. The number of amides is 2. The summed E-state index contributed by atoms with van der Waals surface area (Å²) in [5.41, 5.74) is 1.79. The maximum Gasteiger partial charge on any atom is 0.326 e. The van der Waals surface area contributed by atoms with Crippen molar-refractivity contribution in [1.29, 1.82) is 0 Å². The Morgan fingerprint density at radius 2 is 1.70 bits per heavy atom. The number of carboxylic acids is 1. The number of hydrogen-bond acceptors (Lipinski definition) is 3. The summed E-state index contributed by atoms with van der Waals surface area (Å²) < 4.78 is 0. The van der Waals surface area contributed by atoms with Crippen LogP contribution in [0.25, 0.3) is 6.08 Å². The van der Waals surface area contributed by atoms with Gasteiger partial charge < -0.3 is 15.7 Å². The second-order valence-corrected chi connectivity index (χ2v) is 7.80. The maximum atomic E-state index is 12.9. The molecule has 158 valence electrons. The van der Waals surface area contributed by atoms with E-state index in [9.17, 15) is 19.5 Å². The van der Waals surface area contributed by atoms with Crippen LogP contribution in [0.3, 0.4) is 0 Å². The first-order chi connectivity index (χ1) is 14.2. The Balaban J connectivity index is 2.34. The van der Waals surface area contributed by atoms with Crippen LogP contribution in [0.2, 0.25) is 5.02 Å². The molecule has 0 unspecified atom stereocenters. The average molecular weight is 429 g/mol. The van der Waals surface area contributed by atoms with Crippen molar-refractivity contribution in [3.05, 3.63) is 75.9 Å². The topological polar surface area (TPSA) is 95.5 Å². The standard InChI is InChI=1S/C23H25ClN2O4/c1-14(2)12-20(23(29)30)26-22(28)19(13-17-6-4-5-7-18(17)24)25-21(27)16-10-8-15(3)9-11-16/h4-11,13-14,20H,12H2,1-3H3,(H,25,27)(H,26,28)(H,29,30)/b19-13+/t20-/m0/s1. The summed E-state index contributed by atoms with van der Waals surface area (Å²) in [7, 11) is 0. The quantitative estimate of drug-likeness (QED) is 0.553. The Hall–Kier alpha value is -3.12.